The largest absolute Gasteiger partial charge is 0.397 e. The van der Waals surface area contributed by atoms with Crippen molar-refractivity contribution in [1.82, 2.24) is 4.98 Å². The third kappa shape index (κ3) is 3.12. The molecule has 98 valence electrons. The number of amides is 1. The summed E-state index contributed by atoms with van der Waals surface area (Å²) in [4.78, 5) is 16.2. The number of nitrogens with zero attached hydrogens (tertiary/aromatic N) is 1. The Hall–Kier alpha value is -1.88. The minimum atomic E-state index is -0.207. The molecule has 0 unspecified atom stereocenters. The second-order valence-electron chi connectivity index (χ2n) is 4.35. The molecule has 1 aromatic carbocycles. The van der Waals surface area contributed by atoms with Crippen LogP contribution in [-0.4, -0.2) is 10.9 Å². The fourth-order valence-corrected chi connectivity index (χ4v) is 2.46. The van der Waals surface area contributed by atoms with Crippen molar-refractivity contribution in [2.45, 2.75) is 13.8 Å². The molecule has 1 aromatic heterocycles. The maximum absolute atomic E-state index is 12.1. The highest BCUT2D eigenvalue weighted by molar-refractivity contribution is 9.10. The second-order valence-corrected chi connectivity index (χ2v) is 5.21. The van der Waals surface area contributed by atoms with Crippen LogP contribution in [0.1, 0.15) is 21.6 Å². The Labute approximate surface area is 120 Å². The number of nitrogens with one attached hydrogen (secondary N) is 1. The average Bonchev–Trinajstić information content (AvgIpc) is 2.33. The van der Waals surface area contributed by atoms with Crippen LogP contribution in [0.2, 0.25) is 0 Å². The minimum absolute atomic E-state index is 0.207. The molecule has 5 heteroatoms. The molecule has 0 saturated heterocycles. The van der Waals surface area contributed by atoms with Gasteiger partial charge in [0.2, 0.25) is 0 Å². The van der Waals surface area contributed by atoms with E-state index in [0.717, 1.165) is 15.7 Å². The number of benzene rings is 1. The molecule has 0 radical (unpaired) electrons. The van der Waals surface area contributed by atoms with Crippen LogP contribution in [0.3, 0.4) is 0 Å². The van der Waals surface area contributed by atoms with E-state index in [1.165, 1.54) is 0 Å². The van der Waals surface area contributed by atoms with E-state index in [4.69, 9.17) is 5.73 Å². The maximum Gasteiger partial charge on any atom is 0.255 e. The van der Waals surface area contributed by atoms with Crippen LogP contribution in [0, 0.1) is 13.8 Å². The van der Waals surface area contributed by atoms with Gasteiger partial charge in [-0.15, -0.1) is 0 Å². The highest BCUT2D eigenvalue weighted by Gasteiger charge is 2.11. The molecule has 1 amide bonds. The van der Waals surface area contributed by atoms with Gasteiger partial charge < -0.3 is 11.1 Å². The van der Waals surface area contributed by atoms with E-state index in [2.05, 4.69) is 26.2 Å². The summed E-state index contributed by atoms with van der Waals surface area (Å²) < 4.78 is 0.768. The molecule has 0 bridgehead atoms. The monoisotopic (exact) mass is 319 g/mol. The molecule has 2 rings (SSSR count). The Balaban J connectivity index is 2.29. The Morgan fingerprint density at radius 2 is 2.05 bits per heavy atom. The second kappa shape index (κ2) is 5.40. The van der Waals surface area contributed by atoms with Crippen LogP contribution < -0.4 is 11.1 Å². The predicted octanol–water partition coefficient (Wildman–Crippen LogP) is 3.30. The highest BCUT2D eigenvalue weighted by Crippen LogP contribution is 2.30. The number of anilines is 2. The summed E-state index contributed by atoms with van der Waals surface area (Å²) in [6, 6.07) is 7.12. The summed E-state index contributed by atoms with van der Waals surface area (Å²) in [5.41, 5.74) is 9.42. The Morgan fingerprint density at radius 1 is 1.32 bits per heavy atom. The number of carbonyl (C=O) groups is 1. The third-order valence-corrected chi connectivity index (χ3v) is 3.29. The van der Waals surface area contributed by atoms with Crippen molar-refractivity contribution < 1.29 is 4.79 Å². The van der Waals surface area contributed by atoms with Crippen LogP contribution in [-0.2, 0) is 0 Å². The molecule has 0 fully saturated rings. The first-order valence-corrected chi connectivity index (χ1v) is 6.56. The molecule has 4 nitrogen and oxygen atoms in total. The van der Waals surface area contributed by atoms with Crippen molar-refractivity contribution in [3.05, 3.63) is 51.8 Å². The highest BCUT2D eigenvalue weighted by atomic mass is 79.9. The van der Waals surface area contributed by atoms with Crippen molar-refractivity contribution >= 4 is 33.2 Å². The van der Waals surface area contributed by atoms with E-state index in [1.54, 1.807) is 18.3 Å². The lowest BCUT2D eigenvalue weighted by atomic mass is 10.1. The van der Waals surface area contributed by atoms with Crippen LogP contribution >= 0.6 is 15.9 Å². The molecule has 0 aliphatic rings. The van der Waals surface area contributed by atoms with Gasteiger partial charge in [-0.3, -0.25) is 9.78 Å². The summed E-state index contributed by atoms with van der Waals surface area (Å²) in [5, 5.41) is 2.81. The van der Waals surface area contributed by atoms with Gasteiger partial charge >= 0.3 is 0 Å². The van der Waals surface area contributed by atoms with E-state index in [0.29, 0.717) is 16.9 Å². The summed E-state index contributed by atoms with van der Waals surface area (Å²) in [6.45, 7) is 3.78. The topological polar surface area (TPSA) is 68.0 Å². The lowest BCUT2D eigenvalue weighted by molar-refractivity contribution is 0.102. The lowest BCUT2D eigenvalue weighted by Gasteiger charge is -2.11. The van der Waals surface area contributed by atoms with Gasteiger partial charge in [0, 0.05) is 21.9 Å². The van der Waals surface area contributed by atoms with Crippen molar-refractivity contribution in [2.24, 2.45) is 0 Å². The van der Waals surface area contributed by atoms with Gasteiger partial charge in [0.15, 0.2) is 0 Å². The predicted molar refractivity (Wildman–Crippen MR) is 80.2 cm³/mol. The SMILES string of the molecule is Cc1cc(N)c(NC(=O)c2ccnc(C)c2)c(Br)c1. The van der Waals surface area contributed by atoms with Gasteiger partial charge in [-0.05, 0) is 59.6 Å². The molecule has 0 aliphatic heterocycles. The number of nitrogens with two attached hydrogens (primary N) is 1. The number of hydrogen-bond donors (Lipinski definition) is 2. The van der Waals surface area contributed by atoms with E-state index in [-0.39, 0.29) is 5.91 Å². The van der Waals surface area contributed by atoms with Crippen molar-refractivity contribution in [2.75, 3.05) is 11.1 Å². The average molecular weight is 320 g/mol. The van der Waals surface area contributed by atoms with E-state index in [9.17, 15) is 4.79 Å². The molecule has 0 atom stereocenters. The fourth-order valence-electron chi connectivity index (χ4n) is 1.77. The number of halogens is 1. The Kier molecular flexibility index (Phi) is 3.85. The summed E-state index contributed by atoms with van der Waals surface area (Å²) >= 11 is 3.41. The molecular weight excluding hydrogens is 306 g/mol. The first-order chi connectivity index (χ1) is 8.97. The van der Waals surface area contributed by atoms with Crippen molar-refractivity contribution in [3.63, 3.8) is 0 Å². The summed E-state index contributed by atoms with van der Waals surface area (Å²) in [5.74, 6) is -0.207. The van der Waals surface area contributed by atoms with E-state index in [1.807, 2.05) is 26.0 Å². The van der Waals surface area contributed by atoms with E-state index < -0.39 is 0 Å². The van der Waals surface area contributed by atoms with Crippen molar-refractivity contribution in [1.29, 1.82) is 0 Å². The smallest absolute Gasteiger partial charge is 0.255 e. The number of rotatable bonds is 2. The maximum atomic E-state index is 12.1. The van der Waals surface area contributed by atoms with Crippen LogP contribution in [0.4, 0.5) is 11.4 Å². The zero-order chi connectivity index (χ0) is 14.0. The van der Waals surface area contributed by atoms with Gasteiger partial charge in [0.25, 0.3) is 5.91 Å². The molecule has 0 saturated carbocycles. The van der Waals surface area contributed by atoms with Gasteiger partial charge in [0.1, 0.15) is 0 Å². The van der Waals surface area contributed by atoms with Crippen LogP contribution in [0.25, 0.3) is 0 Å². The molecule has 3 N–H and O–H groups in total. The lowest BCUT2D eigenvalue weighted by Crippen LogP contribution is -2.14. The Bertz CT molecular complexity index is 617. The zero-order valence-electron chi connectivity index (χ0n) is 10.7. The number of nitrogen functional groups attached to an aromatic ring is 1. The summed E-state index contributed by atoms with van der Waals surface area (Å²) in [6.07, 6.45) is 1.61. The Morgan fingerprint density at radius 3 is 2.68 bits per heavy atom. The van der Waals surface area contributed by atoms with Gasteiger partial charge in [-0.1, -0.05) is 0 Å². The first kappa shape index (κ1) is 13.5. The first-order valence-electron chi connectivity index (χ1n) is 5.77. The molecule has 0 aliphatic carbocycles. The number of pyridine rings is 1. The number of hydrogen-bond acceptors (Lipinski definition) is 3. The molecule has 19 heavy (non-hydrogen) atoms. The van der Waals surface area contributed by atoms with Crippen LogP contribution in [0.5, 0.6) is 0 Å². The van der Waals surface area contributed by atoms with Crippen molar-refractivity contribution in [3.8, 4) is 0 Å². The normalized spacial score (nSPS) is 10.3. The van der Waals surface area contributed by atoms with Crippen LogP contribution in [0.15, 0.2) is 34.9 Å². The molecular formula is C14H14BrN3O. The fraction of sp³-hybridized carbons (Fsp3) is 0.143. The number of carbonyl (C=O) groups excluding carboxylic acids is 1. The van der Waals surface area contributed by atoms with Gasteiger partial charge in [-0.2, -0.15) is 0 Å². The molecule has 1 heterocycles. The summed E-state index contributed by atoms with van der Waals surface area (Å²) in [7, 11) is 0. The van der Waals surface area contributed by atoms with E-state index >= 15 is 0 Å². The third-order valence-electron chi connectivity index (χ3n) is 2.66. The zero-order valence-corrected chi connectivity index (χ0v) is 12.3. The minimum Gasteiger partial charge on any atom is -0.397 e. The number of aromatic nitrogens is 1. The standard InChI is InChI=1S/C14H14BrN3O/c1-8-5-11(15)13(12(16)6-8)18-14(19)10-3-4-17-9(2)7-10/h3-7H,16H2,1-2H3,(H,18,19). The molecule has 2 aromatic rings. The molecule has 0 spiro atoms. The number of aryl methyl sites for hydroxylation is 2. The van der Waals surface area contributed by atoms with Gasteiger partial charge in [-0.25, -0.2) is 0 Å². The quantitative estimate of drug-likeness (QED) is 0.834. The van der Waals surface area contributed by atoms with Gasteiger partial charge in [0.05, 0.1) is 11.4 Å².